The van der Waals surface area contributed by atoms with Crippen molar-refractivity contribution in [2.45, 2.75) is 26.2 Å². The third-order valence-corrected chi connectivity index (χ3v) is 2.84. The maximum Gasteiger partial charge on any atom is 0.308 e. The number of hydrogen-bond donors (Lipinski definition) is 2. The van der Waals surface area contributed by atoms with Crippen LogP contribution in [-0.4, -0.2) is 47.4 Å². The number of carboxylic acid groups (broad SMARTS) is 1. The summed E-state index contributed by atoms with van der Waals surface area (Å²) in [5, 5.41) is 11.4. The second-order valence-corrected chi connectivity index (χ2v) is 4.25. The van der Waals surface area contributed by atoms with Gasteiger partial charge >= 0.3 is 5.97 Å². The normalized spacial score (nSPS) is 19.8. The lowest BCUT2D eigenvalue weighted by Gasteiger charge is -2.30. The Labute approximate surface area is 100.0 Å². The second-order valence-electron chi connectivity index (χ2n) is 4.25. The first-order valence-electron chi connectivity index (χ1n) is 5.75. The number of rotatable bonds is 4. The minimum atomic E-state index is -0.843. The van der Waals surface area contributed by atoms with Crippen molar-refractivity contribution < 1.29 is 19.5 Å². The van der Waals surface area contributed by atoms with E-state index in [9.17, 15) is 14.4 Å². The van der Waals surface area contributed by atoms with Crippen molar-refractivity contribution >= 4 is 17.8 Å². The van der Waals surface area contributed by atoms with Crippen LogP contribution in [0.5, 0.6) is 0 Å². The van der Waals surface area contributed by atoms with Crippen LogP contribution >= 0.6 is 0 Å². The third kappa shape index (κ3) is 4.42. The van der Waals surface area contributed by atoms with Crippen LogP contribution in [0.4, 0.5) is 0 Å². The van der Waals surface area contributed by atoms with Crippen LogP contribution in [0.15, 0.2) is 0 Å². The summed E-state index contributed by atoms with van der Waals surface area (Å²) in [5.41, 5.74) is 0. The summed E-state index contributed by atoms with van der Waals surface area (Å²) >= 11 is 0. The highest BCUT2D eigenvalue weighted by molar-refractivity contribution is 5.79. The van der Waals surface area contributed by atoms with E-state index in [0.29, 0.717) is 19.5 Å². The average Bonchev–Trinajstić information content (AvgIpc) is 2.28. The van der Waals surface area contributed by atoms with Gasteiger partial charge in [-0.05, 0) is 12.8 Å². The van der Waals surface area contributed by atoms with Gasteiger partial charge in [-0.1, -0.05) is 0 Å². The zero-order valence-corrected chi connectivity index (χ0v) is 9.94. The van der Waals surface area contributed by atoms with Gasteiger partial charge in [0.1, 0.15) is 0 Å². The molecule has 0 saturated carbocycles. The van der Waals surface area contributed by atoms with E-state index < -0.39 is 11.9 Å². The molecule has 17 heavy (non-hydrogen) atoms. The number of carbonyl (C=O) groups is 3. The smallest absolute Gasteiger partial charge is 0.308 e. The zero-order valence-electron chi connectivity index (χ0n) is 9.94. The van der Waals surface area contributed by atoms with E-state index in [4.69, 9.17) is 5.11 Å². The molecule has 0 radical (unpaired) electrons. The lowest BCUT2D eigenvalue weighted by Crippen LogP contribution is -2.43. The van der Waals surface area contributed by atoms with Gasteiger partial charge in [-0.25, -0.2) is 0 Å². The molecule has 6 nitrogen and oxygen atoms in total. The number of aliphatic carboxylic acids is 1. The molecule has 0 aliphatic carbocycles. The van der Waals surface area contributed by atoms with E-state index in [1.165, 1.54) is 6.92 Å². The van der Waals surface area contributed by atoms with Gasteiger partial charge in [0.15, 0.2) is 0 Å². The lowest BCUT2D eigenvalue weighted by atomic mass is 9.98. The largest absolute Gasteiger partial charge is 0.481 e. The maximum atomic E-state index is 11.7. The Morgan fingerprint density at radius 2 is 2.12 bits per heavy atom. The maximum absolute atomic E-state index is 11.7. The van der Waals surface area contributed by atoms with E-state index in [2.05, 4.69) is 5.32 Å². The highest BCUT2D eigenvalue weighted by atomic mass is 16.4. The number of nitrogens with zero attached hydrogens (tertiary/aromatic N) is 1. The molecule has 1 rings (SSSR count). The minimum Gasteiger partial charge on any atom is -0.481 e. The molecule has 0 unspecified atom stereocenters. The Morgan fingerprint density at radius 3 is 2.71 bits per heavy atom. The first kappa shape index (κ1) is 13.5. The number of hydrogen-bond acceptors (Lipinski definition) is 3. The third-order valence-electron chi connectivity index (χ3n) is 2.84. The monoisotopic (exact) mass is 242 g/mol. The average molecular weight is 242 g/mol. The van der Waals surface area contributed by atoms with Gasteiger partial charge in [0.2, 0.25) is 11.8 Å². The molecule has 0 spiro atoms. The van der Waals surface area contributed by atoms with Crippen LogP contribution in [0.25, 0.3) is 0 Å². The predicted octanol–water partition coefficient (Wildman–Crippen LogP) is -0.164. The summed E-state index contributed by atoms with van der Waals surface area (Å²) in [6, 6.07) is 0. The molecule has 1 atom stereocenters. The topological polar surface area (TPSA) is 86.7 Å². The van der Waals surface area contributed by atoms with E-state index >= 15 is 0 Å². The van der Waals surface area contributed by atoms with Gasteiger partial charge < -0.3 is 15.3 Å². The fourth-order valence-electron chi connectivity index (χ4n) is 1.91. The molecule has 1 heterocycles. The summed E-state index contributed by atoms with van der Waals surface area (Å²) in [4.78, 5) is 34.8. The van der Waals surface area contributed by atoms with Gasteiger partial charge in [-0.15, -0.1) is 0 Å². The van der Waals surface area contributed by atoms with Crippen molar-refractivity contribution in [1.29, 1.82) is 0 Å². The van der Waals surface area contributed by atoms with Gasteiger partial charge in [0.25, 0.3) is 0 Å². The van der Waals surface area contributed by atoms with Crippen LogP contribution in [0.2, 0.25) is 0 Å². The minimum absolute atomic E-state index is 0.0929. The van der Waals surface area contributed by atoms with E-state index in [-0.39, 0.29) is 24.8 Å². The van der Waals surface area contributed by atoms with Gasteiger partial charge in [-0.2, -0.15) is 0 Å². The van der Waals surface area contributed by atoms with Crippen LogP contribution in [0, 0.1) is 5.92 Å². The first-order valence-corrected chi connectivity index (χ1v) is 5.75. The second kappa shape index (κ2) is 6.22. The highest BCUT2D eigenvalue weighted by Gasteiger charge is 2.27. The number of likely N-dealkylation sites (tertiary alicyclic amines) is 1. The fourth-order valence-corrected chi connectivity index (χ4v) is 1.91. The molecule has 1 fully saturated rings. The molecule has 0 aromatic rings. The Bertz CT molecular complexity index is 317. The molecule has 2 amide bonds. The molecule has 0 bridgehead atoms. The predicted molar refractivity (Wildman–Crippen MR) is 60.2 cm³/mol. The van der Waals surface area contributed by atoms with Crippen molar-refractivity contribution in [3.63, 3.8) is 0 Å². The van der Waals surface area contributed by atoms with Gasteiger partial charge in [-0.3, -0.25) is 14.4 Å². The number of amides is 2. The summed E-state index contributed by atoms with van der Waals surface area (Å²) in [7, 11) is 0. The molecule has 1 aliphatic rings. The van der Waals surface area contributed by atoms with Crippen LogP contribution in [-0.2, 0) is 14.4 Å². The number of carbonyl (C=O) groups excluding carboxylic acids is 2. The summed E-state index contributed by atoms with van der Waals surface area (Å²) in [5.74, 6) is -1.55. The van der Waals surface area contributed by atoms with E-state index in [1.54, 1.807) is 4.90 Å². The molecule has 2 N–H and O–H groups in total. The van der Waals surface area contributed by atoms with Gasteiger partial charge in [0.05, 0.1) is 5.92 Å². The molecular formula is C11H18N2O4. The van der Waals surface area contributed by atoms with Crippen molar-refractivity contribution in [2.24, 2.45) is 5.92 Å². The van der Waals surface area contributed by atoms with Crippen molar-refractivity contribution in [3.8, 4) is 0 Å². The quantitative estimate of drug-likeness (QED) is 0.717. The molecule has 1 aliphatic heterocycles. The van der Waals surface area contributed by atoms with Gasteiger partial charge in [0, 0.05) is 33.0 Å². The van der Waals surface area contributed by atoms with Crippen molar-refractivity contribution in [1.82, 2.24) is 10.2 Å². The standard InChI is InChI=1S/C11H18N2O4/c1-8(14)12-5-4-10(15)13-6-2-3-9(7-13)11(16)17/h9H,2-7H2,1H3,(H,12,14)(H,16,17)/t9-/m1/s1. The molecular weight excluding hydrogens is 224 g/mol. The SMILES string of the molecule is CC(=O)NCCC(=O)N1CCC[C@@H](C(=O)O)C1. The Balaban J connectivity index is 2.35. The molecule has 0 aromatic carbocycles. The van der Waals surface area contributed by atoms with Crippen molar-refractivity contribution in [2.75, 3.05) is 19.6 Å². The summed E-state index contributed by atoms with van der Waals surface area (Å²) < 4.78 is 0. The lowest BCUT2D eigenvalue weighted by molar-refractivity contribution is -0.145. The molecule has 1 saturated heterocycles. The molecule has 96 valence electrons. The summed E-state index contributed by atoms with van der Waals surface area (Å²) in [6.45, 7) is 2.60. The fraction of sp³-hybridized carbons (Fsp3) is 0.727. The number of nitrogens with one attached hydrogen (secondary N) is 1. The zero-order chi connectivity index (χ0) is 12.8. The van der Waals surface area contributed by atoms with E-state index in [1.807, 2.05) is 0 Å². The van der Waals surface area contributed by atoms with Crippen LogP contribution in [0.1, 0.15) is 26.2 Å². The molecule has 0 aromatic heterocycles. The Hall–Kier alpha value is -1.59. The van der Waals surface area contributed by atoms with Crippen molar-refractivity contribution in [3.05, 3.63) is 0 Å². The summed E-state index contributed by atoms with van der Waals surface area (Å²) in [6.07, 6.45) is 1.58. The Morgan fingerprint density at radius 1 is 1.41 bits per heavy atom. The first-order chi connectivity index (χ1) is 8.00. The Kier molecular flexibility index (Phi) is 4.93. The van der Waals surface area contributed by atoms with Crippen LogP contribution in [0.3, 0.4) is 0 Å². The number of carboxylic acids is 1. The highest BCUT2D eigenvalue weighted by Crippen LogP contribution is 2.17. The van der Waals surface area contributed by atoms with E-state index in [0.717, 1.165) is 6.42 Å². The van der Waals surface area contributed by atoms with Crippen LogP contribution < -0.4 is 5.32 Å². The molecule has 6 heteroatoms. The number of piperidine rings is 1.